The standard InChI is InChI=1S/C19H22N2O4/c1-12-6-8-14(9-7-12)13(2)20-21-19(22)15-10-16(23-3)18(25-5)17(11-15)24-4/h6-11,20H,2H2,1,3-5H3,(H,21,22). The van der Waals surface area contributed by atoms with E-state index >= 15 is 0 Å². The molecule has 0 aliphatic carbocycles. The quantitative estimate of drug-likeness (QED) is 0.757. The summed E-state index contributed by atoms with van der Waals surface area (Å²) in [5.74, 6) is 0.889. The molecule has 6 heteroatoms. The predicted octanol–water partition coefficient (Wildman–Crippen LogP) is 2.93. The second kappa shape index (κ2) is 8.10. The molecule has 0 aliphatic heterocycles. The third-order valence-electron chi connectivity index (χ3n) is 3.65. The van der Waals surface area contributed by atoms with Gasteiger partial charge in [0.15, 0.2) is 11.5 Å². The zero-order chi connectivity index (χ0) is 18.4. The molecule has 0 saturated heterocycles. The van der Waals surface area contributed by atoms with Gasteiger partial charge in [-0.25, -0.2) is 0 Å². The summed E-state index contributed by atoms with van der Waals surface area (Å²) in [7, 11) is 4.50. The fourth-order valence-electron chi connectivity index (χ4n) is 2.24. The Morgan fingerprint density at radius 1 is 0.880 bits per heavy atom. The lowest BCUT2D eigenvalue weighted by atomic mass is 10.1. The molecule has 0 aliphatic rings. The molecule has 0 radical (unpaired) electrons. The van der Waals surface area contributed by atoms with Gasteiger partial charge in [0.1, 0.15) is 0 Å². The van der Waals surface area contributed by atoms with Crippen molar-refractivity contribution >= 4 is 11.6 Å². The van der Waals surface area contributed by atoms with Gasteiger partial charge in [0, 0.05) is 5.56 Å². The van der Waals surface area contributed by atoms with Crippen molar-refractivity contribution in [3.63, 3.8) is 0 Å². The Hall–Kier alpha value is -3.15. The molecule has 1 amide bonds. The molecule has 0 aromatic heterocycles. The Morgan fingerprint density at radius 2 is 1.44 bits per heavy atom. The van der Waals surface area contributed by atoms with Crippen LogP contribution in [-0.2, 0) is 0 Å². The van der Waals surface area contributed by atoms with Crippen molar-refractivity contribution in [2.45, 2.75) is 6.92 Å². The number of carbonyl (C=O) groups excluding carboxylic acids is 1. The highest BCUT2D eigenvalue weighted by Crippen LogP contribution is 2.38. The van der Waals surface area contributed by atoms with E-state index in [2.05, 4.69) is 17.4 Å². The van der Waals surface area contributed by atoms with Gasteiger partial charge in [-0.3, -0.25) is 15.6 Å². The van der Waals surface area contributed by atoms with Crippen LogP contribution < -0.4 is 25.1 Å². The van der Waals surface area contributed by atoms with E-state index in [1.807, 2.05) is 31.2 Å². The van der Waals surface area contributed by atoms with Crippen LogP contribution in [0.4, 0.5) is 0 Å². The first-order valence-corrected chi connectivity index (χ1v) is 7.62. The van der Waals surface area contributed by atoms with Crippen LogP contribution in [0.3, 0.4) is 0 Å². The van der Waals surface area contributed by atoms with Gasteiger partial charge in [-0.2, -0.15) is 0 Å². The number of nitrogens with one attached hydrogen (secondary N) is 2. The molecule has 2 aromatic carbocycles. The highest BCUT2D eigenvalue weighted by molar-refractivity contribution is 5.95. The van der Waals surface area contributed by atoms with Crippen LogP contribution in [0.5, 0.6) is 17.2 Å². The van der Waals surface area contributed by atoms with Crippen LogP contribution in [0.15, 0.2) is 43.0 Å². The molecule has 0 atom stereocenters. The minimum atomic E-state index is -0.354. The monoisotopic (exact) mass is 342 g/mol. The average Bonchev–Trinajstić information content (AvgIpc) is 2.64. The Balaban J connectivity index is 2.12. The maximum absolute atomic E-state index is 12.4. The SMILES string of the molecule is C=C(NNC(=O)c1cc(OC)c(OC)c(OC)c1)c1ccc(C)cc1. The summed E-state index contributed by atoms with van der Waals surface area (Å²) < 4.78 is 15.8. The maximum atomic E-state index is 12.4. The molecule has 0 heterocycles. The van der Waals surface area contributed by atoms with Crippen LogP contribution >= 0.6 is 0 Å². The Labute approximate surface area is 147 Å². The highest BCUT2D eigenvalue weighted by atomic mass is 16.5. The van der Waals surface area contributed by atoms with Crippen molar-refractivity contribution in [2.75, 3.05) is 21.3 Å². The summed E-state index contributed by atoms with van der Waals surface area (Å²) in [4.78, 5) is 12.4. The van der Waals surface area contributed by atoms with Crippen LogP contribution in [0, 0.1) is 6.92 Å². The summed E-state index contributed by atoms with van der Waals surface area (Å²) >= 11 is 0. The number of amides is 1. The lowest BCUT2D eigenvalue weighted by Gasteiger charge is -2.15. The summed E-state index contributed by atoms with van der Waals surface area (Å²) in [6.07, 6.45) is 0. The van der Waals surface area contributed by atoms with Gasteiger partial charge >= 0.3 is 0 Å². The molecule has 0 unspecified atom stereocenters. The van der Waals surface area contributed by atoms with Gasteiger partial charge in [0.2, 0.25) is 5.75 Å². The summed E-state index contributed by atoms with van der Waals surface area (Å²) in [6, 6.07) is 11.0. The van der Waals surface area contributed by atoms with E-state index in [1.165, 1.54) is 21.3 Å². The second-order valence-corrected chi connectivity index (χ2v) is 5.34. The first-order valence-electron chi connectivity index (χ1n) is 7.62. The number of ether oxygens (including phenoxy) is 3. The van der Waals surface area contributed by atoms with Crippen molar-refractivity contribution in [2.24, 2.45) is 0 Å². The molecule has 2 aromatic rings. The predicted molar refractivity (Wildman–Crippen MR) is 96.9 cm³/mol. The largest absolute Gasteiger partial charge is 0.493 e. The highest BCUT2D eigenvalue weighted by Gasteiger charge is 2.17. The Kier molecular flexibility index (Phi) is 5.89. The lowest BCUT2D eigenvalue weighted by Crippen LogP contribution is -2.35. The van der Waals surface area contributed by atoms with E-state index in [0.717, 1.165) is 11.1 Å². The Bertz CT molecular complexity index is 744. The summed E-state index contributed by atoms with van der Waals surface area (Å²) in [6.45, 7) is 5.93. The third-order valence-corrected chi connectivity index (χ3v) is 3.65. The fraction of sp³-hybridized carbons (Fsp3) is 0.211. The average molecular weight is 342 g/mol. The second-order valence-electron chi connectivity index (χ2n) is 5.34. The van der Waals surface area contributed by atoms with Gasteiger partial charge in [-0.05, 0) is 24.6 Å². The third kappa shape index (κ3) is 4.23. The molecule has 25 heavy (non-hydrogen) atoms. The zero-order valence-corrected chi connectivity index (χ0v) is 14.8. The first-order chi connectivity index (χ1) is 12.0. The lowest BCUT2D eigenvalue weighted by molar-refractivity contribution is 0.0941. The van der Waals surface area contributed by atoms with Gasteiger partial charge < -0.3 is 14.2 Å². The van der Waals surface area contributed by atoms with Crippen LogP contribution in [0.25, 0.3) is 5.70 Å². The van der Waals surface area contributed by atoms with Crippen molar-refractivity contribution in [1.29, 1.82) is 0 Å². The molecule has 0 fully saturated rings. The number of methoxy groups -OCH3 is 3. The zero-order valence-electron chi connectivity index (χ0n) is 14.8. The molecular formula is C19H22N2O4. The van der Waals surface area contributed by atoms with Crippen LogP contribution in [0.1, 0.15) is 21.5 Å². The minimum absolute atomic E-state index is 0.354. The van der Waals surface area contributed by atoms with E-state index in [-0.39, 0.29) is 5.91 Å². The molecule has 6 nitrogen and oxygen atoms in total. The van der Waals surface area contributed by atoms with E-state index < -0.39 is 0 Å². The topological polar surface area (TPSA) is 68.8 Å². The molecule has 0 bridgehead atoms. The number of carbonyl (C=O) groups is 1. The van der Waals surface area contributed by atoms with E-state index in [0.29, 0.717) is 28.5 Å². The van der Waals surface area contributed by atoms with Crippen LogP contribution in [0.2, 0.25) is 0 Å². The summed E-state index contributed by atoms with van der Waals surface area (Å²) in [5, 5.41) is 0. The summed E-state index contributed by atoms with van der Waals surface area (Å²) in [5.41, 5.74) is 8.40. The number of benzene rings is 2. The molecular weight excluding hydrogens is 320 g/mol. The smallest absolute Gasteiger partial charge is 0.269 e. The molecule has 132 valence electrons. The van der Waals surface area contributed by atoms with Gasteiger partial charge in [-0.15, -0.1) is 0 Å². The Morgan fingerprint density at radius 3 is 1.92 bits per heavy atom. The van der Waals surface area contributed by atoms with Crippen molar-refractivity contribution in [3.8, 4) is 17.2 Å². The van der Waals surface area contributed by atoms with E-state index in [4.69, 9.17) is 14.2 Å². The number of hydrogen-bond acceptors (Lipinski definition) is 5. The number of hydrazine groups is 1. The van der Waals surface area contributed by atoms with Gasteiger partial charge in [0.05, 0.1) is 27.0 Å². The van der Waals surface area contributed by atoms with Crippen molar-refractivity contribution in [3.05, 3.63) is 59.7 Å². The molecule has 2 rings (SSSR count). The van der Waals surface area contributed by atoms with E-state index in [9.17, 15) is 4.79 Å². The fourth-order valence-corrected chi connectivity index (χ4v) is 2.24. The number of hydrogen-bond donors (Lipinski definition) is 2. The van der Waals surface area contributed by atoms with Crippen molar-refractivity contribution < 1.29 is 19.0 Å². The molecule has 0 spiro atoms. The normalized spacial score (nSPS) is 9.92. The number of rotatable bonds is 7. The molecule has 2 N–H and O–H groups in total. The maximum Gasteiger partial charge on any atom is 0.269 e. The minimum Gasteiger partial charge on any atom is -0.493 e. The first kappa shape index (κ1) is 18.2. The van der Waals surface area contributed by atoms with Gasteiger partial charge in [-0.1, -0.05) is 36.4 Å². The van der Waals surface area contributed by atoms with Crippen molar-refractivity contribution in [1.82, 2.24) is 10.9 Å². The number of aryl methyl sites for hydroxylation is 1. The van der Waals surface area contributed by atoms with Crippen LogP contribution in [-0.4, -0.2) is 27.2 Å². The molecule has 0 saturated carbocycles. The van der Waals surface area contributed by atoms with Gasteiger partial charge in [0.25, 0.3) is 5.91 Å². The van der Waals surface area contributed by atoms with E-state index in [1.54, 1.807) is 12.1 Å².